The number of anilines is 1. The monoisotopic (exact) mass is 445 g/mol. The van der Waals surface area contributed by atoms with E-state index in [1.165, 1.54) is 11.3 Å². The number of hydrogen-bond acceptors (Lipinski definition) is 4. The summed E-state index contributed by atoms with van der Waals surface area (Å²) in [4.78, 5) is 7.23. The number of fused-ring (bicyclic) bond motifs is 2. The molecule has 168 valence electrons. The van der Waals surface area contributed by atoms with E-state index in [9.17, 15) is 5.26 Å². The lowest BCUT2D eigenvalue weighted by Gasteiger charge is -2.52. The molecule has 4 atom stereocenters. The molecule has 2 aromatic carbocycles. The molecule has 1 aromatic heterocycles. The highest BCUT2D eigenvalue weighted by Gasteiger charge is 2.43. The van der Waals surface area contributed by atoms with Gasteiger partial charge in [0.05, 0.1) is 30.0 Å². The van der Waals surface area contributed by atoms with Crippen molar-refractivity contribution in [2.75, 3.05) is 4.90 Å². The van der Waals surface area contributed by atoms with E-state index in [-0.39, 0.29) is 18.2 Å². The minimum absolute atomic E-state index is 0.124. The van der Waals surface area contributed by atoms with Crippen LogP contribution >= 0.6 is 0 Å². The smallest absolute Gasteiger partial charge is 0.141 e. The maximum Gasteiger partial charge on any atom is 0.141 e. The second kappa shape index (κ2) is 8.93. The number of aromatic nitrogens is 1. The lowest BCUT2D eigenvalue weighted by Crippen LogP contribution is -2.61. The van der Waals surface area contributed by atoms with E-state index in [0.29, 0.717) is 11.7 Å². The molecule has 34 heavy (non-hydrogen) atoms. The Morgan fingerprint density at radius 2 is 1.59 bits per heavy atom. The molecule has 1 fully saturated rings. The highest BCUT2D eigenvalue weighted by Crippen LogP contribution is 2.43. The van der Waals surface area contributed by atoms with Crippen LogP contribution in [0, 0.1) is 11.3 Å². The number of hydrogen-bond donors (Lipinski definition) is 0. The molecule has 4 unspecified atom stereocenters. The number of ether oxygens (including phenoxy) is 1. The Morgan fingerprint density at radius 1 is 0.824 bits per heavy atom. The van der Waals surface area contributed by atoms with E-state index >= 15 is 0 Å². The number of pyridine rings is 1. The third-order valence-electron chi connectivity index (χ3n) is 7.22. The van der Waals surface area contributed by atoms with Crippen LogP contribution in [-0.4, -0.2) is 29.3 Å². The van der Waals surface area contributed by atoms with E-state index in [1.54, 1.807) is 6.07 Å². The lowest BCUT2D eigenvalue weighted by atomic mass is 9.86. The fourth-order valence-corrected chi connectivity index (χ4v) is 5.71. The van der Waals surface area contributed by atoms with Gasteiger partial charge in [-0.15, -0.1) is 0 Å². The second-order valence-electron chi connectivity index (χ2n) is 9.20. The molecule has 0 spiro atoms. The fourth-order valence-electron chi connectivity index (χ4n) is 5.71. The number of rotatable bonds is 3. The van der Waals surface area contributed by atoms with Gasteiger partial charge in [-0.05, 0) is 49.4 Å². The summed E-state index contributed by atoms with van der Waals surface area (Å²) in [5.41, 5.74) is 5.85. The van der Waals surface area contributed by atoms with Crippen LogP contribution in [0.4, 0.5) is 5.69 Å². The molecule has 0 saturated carbocycles. The molecule has 0 amide bonds. The second-order valence-corrected chi connectivity index (χ2v) is 9.20. The third kappa shape index (κ3) is 3.63. The van der Waals surface area contributed by atoms with Crippen LogP contribution in [0.5, 0.6) is 0 Å². The summed E-state index contributed by atoms with van der Waals surface area (Å²) >= 11 is 0. The Hall–Kier alpha value is -3.68. The first kappa shape index (κ1) is 20.9. The summed E-state index contributed by atoms with van der Waals surface area (Å²) in [7, 11) is 0. The molecule has 3 aromatic rings. The van der Waals surface area contributed by atoms with Gasteiger partial charge in [0, 0.05) is 16.8 Å². The quantitative estimate of drug-likeness (QED) is 0.444. The van der Waals surface area contributed by atoms with Crippen molar-refractivity contribution in [1.82, 2.24) is 4.98 Å². The van der Waals surface area contributed by atoms with E-state index in [0.717, 1.165) is 42.5 Å². The van der Waals surface area contributed by atoms with Gasteiger partial charge in [0.2, 0.25) is 0 Å². The zero-order valence-electron chi connectivity index (χ0n) is 19.0. The van der Waals surface area contributed by atoms with Gasteiger partial charge >= 0.3 is 0 Å². The number of para-hydroxylation sites is 1. The Balaban J connectivity index is 1.51. The zero-order valence-corrected chi connectivity index (χ0v) is 19.0. The Morgan fingerprint density at radius 3 is 2.47 bits per heavy atom. The highest BCUT2D eigenvalue weighted by molar-refractivity contribution is 5.89. The molecule has 2 heterocycles. The van der Waals surface area contributed by atoms with Crippen molar-refractivity contribution in [3.05, 3.63) is 96.7 Å². The van der Waals surface area contributed by atoms with Gasteiger partial charge in [-0.2, -0.15) is 5.26 Å². The normalized spacial score (nSPS) is 25.3. The first-order valence-electron chi connectivity index (χ1n) is 12.2. The van der Waals surface area contributed by atoms with Crippen LogP contribution in [-0.2, 0) is 4.74 Å². The van der Waals surface area contributed by atoms with Gasteiger partial charge in [-0.25, -0.2) is 4.98 Å². The predicted octanol–water partition coefficient (Wildman–Crippen LogP) is 6.30. The van der Waals surface area contributed by atoms with E-state index in [2.05, 4.69) is 82.7 Å². The minimum Gasteiger partial charge on any atom is -0.366 e. The van der Waals surface area contributed by atoms with Gasteiger partial charge in [0.1, 0.15) is 11.8 Å². The van der Waals surface area contributed by atoms with Gasteiger partial charge < -0.3 is 9.64 Å². The number of morpholine rings is 1. The summed E-state index contributed by atoms with van der Waals surface area (Å²) in [5, 5.41) is 9.39. The molecule has 1 saturated heterocycles. The van der Waals surface area contributed by atoms with Gasteiger partial charge in [-0.3, -0.25) is 0 Å². The first-order chi connectivity index (χ1) is 16.8. The number of benzene rings is 2. The van der Waals surface area contributed by atoms with Gasteiger partial charge in [-0.1, -0.05) is 72.8 Å². The van der Waals surface area contributed by atoms with E-state index in [1.807, 2.05) is 18.2 Å². The largest absolute Gasteiger partial charge is 0.366 e. The molecule has 0 N–H and O–H groups in total. The van der Waals surface area contributed by atoms with Crippen LogP contribution in [0.2, 0.25) is 0 Å². The van der Waals surface area contributed by atoms with Crippen molar-refractivity contribution in [2.45, 2.75) is 50.0 Å². The summed E-state index contributed by atoms with van der Waals surface area (Å²) in [6.45, 7) is 0. The maximum absolute atomic E-state index is 9.39. The highest BCUT2D eigenvalue weighted by atomic mass is 16.5. The molecular formula is C30H27N3O. The Labute approximate surface area is 200 Å². The number of nitriles is 1. The number of allylic oxidation sites excluding steroid dienone is 2. The van der Waals surface area contributed by atoms with Crippen LogP contribution in [0.3, 0.4) is 0 Å². The zero-order chi connectivity index (χ0) is 22.9. The van der Waals surface area contributed by atoms with Gasteiger partial charge in [0.25, 0.3) is 0 Å². The third-order valence-corrected chi connectivity index (χ3v) is 7.22. The molecule has 0 radical (unpaired) electrons. The van der Waals surface area contributed by atoms with Gasteiger partial charge in [0.15, 0.2) is 0 Å². The molecule has 4 heteroatoms. The van der Waals surface area contributed by atoms with Crippen LogP contribution in [0.1, 0.15) is 31.4 Å². The van der Waals surface area contributed by atoms with Crippen LogP contribution in [0.15, 0.2) is 91.0 Å². The average Bonchev–Trinajstić information content (AvgIpc) is 2.92. The Bertz CT molecular complexity index is 1300. The van der Waals surface area contributed by atoms with Crippen LogP contribution in [0.25, 0.3) is 22.4 Å². The molecule has 6 rings (SSSR count). The first-order valence-corrected chi connectivity index (χ1v) is 12.2. The predicted molar refractivity (Wildman–Crippen MR) is 135 cm³/mol. The van der Waals surface area contributed by atoms with Crippen molar-refractivity contribution in [2.24, 2.45) is 0 Å². The molecule has 0 bridgehead atoms. The van der Waals surface area contributed by atoms with Crippen molar-refractivity contribution >= 4 is 5.69 Å². The molecule has 4 nitrogen and oxygen atoms in total. The summed E-state index contributed by atoms with van der Waals surface area (Å²) in [5.74, 6) is 0. The van der Waals surface area contributed by atoms with Crippen LogP contribution < -0.4 is 4.90 Å². The summed E-state index contributed by atoms with van der Waals surface area (Å²) in [6.07, 6.45) is 13.8. The molecule has 2 aliphatic carbocycles. The average molecular weight is 446 g/mol. The van der Waals surface area contributed by atoms with E-state index in [4.69, 9.17) is 4.74 Å². The SMILES string of the molecule is N#Cc1cccc(-c2ccccc2-c2ccccc2N2C3C=CCCC3OC3C=CCCC32)n1. The maximum atomic E-state index is 9.39. The van der Waals surface area contributed by atoms with Crippen molar-refractivity contribution in [1.29, 1.82) is 5.26 Å². The molecular weight excluding hydrogens is 418 g/mol. The van der Waals surface area contributed by atoms with Crippen molar-refractivity contribution in [3.8, 4) is 28.5 Å². The van der Waals surface area contributed by atoms with Crippen molar-refractivity contribution in [3.63, 3.8) is 0 Å². The number of nitrogens with zero attached hydrogens (tertiary/aromatic N) is 3. The van der Waals surface area contributed by atoms with E-state index < -0.39 is 0 Å². The topological polar surface area (TPSA) is 49.2 Å². The molecule has 1 aliphatic heterocycles. The standard InChI is InChI=1S/C30H27N3O/c31-20-21-10-9-14-25(32-21)23-12-2-1-11-22(23)24-13-3-4-15-26(24)33-27-16-5-7-18-29(27)34-30-19-8-6-17-28(30)33/h1-5,8-16,19,27-30H,6-7,17-18H2. The summed E-state index contributed by atoms with van der Waals surface area (Å²) in [6, 6.07) is 25.5. The van der Waals surface area contributed by atoms with Crippen molar-refractivity contribution < 1.29 is 4.74 Å². The summed E-state index contributed by atoms with van der Waals surface area (Å²) < 4.78 is 6.59. The fraction of sp³-hybridized carbons (Fsp3) is 0.267. The lowest BCUT2D eigenvalue weighted by molar-refractivity contribution is -0.0482. The molecule has 3 aliphatic rings. The minimum atomic E-state index is 0.124. The Kier molecular flexibility index (Phi) is 5.49.